The lowest BCUT2D eigenvalue weighted by Crippen LogP contribution is -2.48. The van der Waals surface area contributed by atoms with Gasteiger partial charge in [0.1, 0.15) is 5.69 Å². The third kappa shape index (κ3) is 3.66. The summed E-state index contributed by atoms with van der Waals surface area (Å²) in [6.07, 6.45) is 1.63. The normalized spacial score (nSPS) is 9.60. The van der Waals surface area contributed by atoms with Crippen molar-refractivity contribution < 1.29 is 9.59 Å². The van der Waals surface area contributed by atoms with E-state index in [1.54, 1.807) is 42.6 Å². The lowest BCUT2D eigenvalue weighted by atomic mass is 10.2. The van der Waals surface area contributed by atoms with Crippen molar-refractivity contribution in [2.75, 3.05) is 0 Å². The fourth-order valence-electron chi connectivity index (χ4n) is 1.45. The number of hydrazine groups is 1. The van der Waals surface area contributed by atoms with E-state index < -0.39 is 0 Å². The Bertz CT molecular complexity index is 611. The molecule has 0 saturated carbocycles. The Morgan fingerprint density at radius 3 is 2.35 bits per heavy atom. The number of benzene rings is 1. The molecule has 102 valence electrons. The SMILES string of the molecule is O=C(NC(=S)NNC(=O)c1ccc[nH]1)c1ccccc1. The number of hydrogen-bond acceptors (Lipinski definition) is 3. The standard InChI is InChI=1S/C13H12N4O2S/c18-11(9-5-2-1-3-6-9)15-13(20)17-16-12(19)10-7-4-8-14-10/h1-8,14H,(H,16,19)(H2,15,17,18,20). The number of aromatic amines is 1. The minimum atomic E-state index is -0.383. The van der Waals surface area contributed by atoms with E-state index in [4.69, 9.17) is 12.2 Å². The van der Waals surface area contributed by atoms with Crippen LogP contribution in [-0.2, 0) is 0 Å². The van der Waals surface area contributed by atoms with E-state index in [0.29, 0.717) is 11.3 Å². The molecule has 0 saturated heterocycles. The van der Waals surface area contributed by atoms with Gasteiger partial charge in [-0.1, -0.05) is 18.2 Å². The Labute approximate surface area is 120 Å². The molecule has 2 rings (SSSR count). The fourth-order valence-corrected chi connectivity index (χ4v) is 1.59. The fraction of sp³-hybridized carbons (Fsp3) is 0. The minimum Gasteiger partial charge on any atom is -0.357 e. The molecule has 1 aromatic heterocycles. The smallest absolute Gasteiger partial charge is 0.286 e. The van der Waals surface area contributed by atoms with Crippen LogP contribution in [0, 0.1) is 0 Å². The van der Waals surface area contributed by atoms with E-state index in [9.17, 15) is 9.59 Å². The number of carbonyl (C=O) groups excluding carboxylic acids is 2. The molecule has 2 amide bonds. The van der Waals surface area contributed by atoms with Crippen LogP contribution >= 0.6 is 12.2 Å². The topological polar surface area (TPSA) is 86.0 Å². The third-order valence-corrected chi connectivity index (χ3v) is 2.60. The Kier molecular flexibility index (Phi) is 4.46. The van der Waals surface area contributed by atoms with Crippen molar-refractivity contribution >= 4 is 29.1 Å². The summed E-state index contributed by atoms with van der Waals surface area (Å²) in [5.74, 6) is -0.733. The molecule has 0 radical (unpaired) electrons. The van der Waals surface area contributed by atoms with Crippen molar-refractivity contribution in [2.45, 2.75) is 0 Å². The average Bonchev–Trinajstić information content (AvgIpc) is 3.00. The largest absolute Gasteiger partial charge is 0.357 e. The summed E-state index contributed by atoms with van der Waals surface area (Å²) in [6.45, 7) is 0. The molecular weight excluding hydrogens is 276 g/mol. The number of aromatic nitrogens is 1. The van der Waals surface area contributed by atoms with Gasteiger partial charge in [0.25, 0.3) is 11.8 Å². The highest BCUT2D eigenvalue weighted by molar-refractivity contribution is 7.80. The van der Waals surface area contributed by atoms with Crippen molar-refractivity contribution in [3.63, 3.8) is 0 Å². The van der Waals surface area contributed by atoms with E-state index in [2.05, 4.69) is 21.2 Å². The van der Waals surface area contributed by atoms with Crippen LogP contribution in [0.3, 0.4) is 0 Å². The molecular formula is C13H12N4O2S. The summed E-state index contributed by atoms with van der Waals surface area (Å²) in [5.41, 5.74) is 5.68. The number of thiocarbonyl (C=S) groups is 1. The summed E-state index contributed by atoms with van der Waals surface area (Å²) in [5, 5.41) is 2.47. The second-order valence-electron chi connectivity index (χ2n) is 3.81. The molecule has 0 aliphatic rings. The molecule has 0 aliphatic carbocycles. The minimum absolute atomic E-state index is 0.0127. The second-order valence-corrected chi connectivity index (χ2v) is 4.22. The van der Waals surface area contributed by atoms with Crippen molar-refractivity contribution in [2.24, 2.45) is 0 Å². The van der Waals surface area contributed by atoms with E-state index >= 15 is 0 Å². The second kappa shape index (κ2) is 6.48. The maximum Gasteiger partial charge on any atom is 0.286 e. The van der Waals surface area contributed by atoms with Gasteiger partial charge in [0.15, 0.2) is 5.11 Å². The summed E-state index contributed by atoms with van der Waals surface area (Å²) in [6, 6.07) is 11.9. The maximum absolute atomic E-state index is 11.8. The molecule has 0 fully saturated rings. The molecule has 2 aromatic rings. The first kappa shape index (κ1) is 13.8. The number of carbonyl (C=O) groups is 2. The first-order chi connectivity index (χ1) is 9.66. The number of hydrogen-bond donors (Lipinski definition) is 4. The summed E-state index contributed by atoms with van der Waals surface area (Å²) >= 11 is 4.91. The number of rotatable bonds is 2. The molecule has 20 heavy (non-hydrogen) atoms. The van der Waals surface area contributed by atoms with Gasteiger partial charge in [-0.3, -0.25) is 25.8 Å². The zero-order valence-corrected chi connectivity index (χ0v) is 11.2. The van der Waals surface area contributed by atoms with Crippen molar-refractivity contribution in [3.05, 3.63) is 59.9 Å². The summed E-state index contributed by atoms with van der Waals surface area (Å²) < 4.78 is 0. The van der Waals surface area contributed by atoms with E-state index in [1.807, 2.05) is 6.07 Å². The molecule has 0 atom stereocenters. The van der Waals surface area contributed by atoms with Gasteiger partial charge in [0.05, 0.1) is 0 Å². The highest BCUT2D eigenvalue weighted by Gasteiger charge is 2.09. The van der Waals surface area contributed by atoms with Crippen LogP contribution in [0.2, 0.25) is 0 Å². The average molecular weight is 288 g/mol. The molecule has 6 nitrogen and oxygen atoms in total. The zero-order chi connectivity index (χ0) is 14.4. The van der Waals surface area contributed by atoms with Gasteiger partial charge in [-0.2, -0.15) is 0 Å². The van der Waals surface area contributed by atoms with Gasteiger partial charge in [-0.15, -0.1) is 0 Å². The summed E-state index contributed by atoms with van der Waals surface area (Å²) in [4.78, 5) is 26.1. The van der Waals surface area contributed by atoms with Crippen LogP contribution in [0.4, 0.5) is 0 Å². The van der Waals surface area contributed by atoms with E-state index in [-0.39, 0.29) is 16.9 Å². The molecule has 0 bridgehead atoms. The van der Waals surface area contributed by atoms with Crippen LogP contribution in [0.25, 0.3) is 0 Å². The molecule has 0 spiro atoms. The number of H-pyrrole nitrogens is 1. The van der Waals surface area contributed by atoms with Gasteiger partial charge in [-0.05, 0) is 36.5 Å². The molecule has 1 heterocycles. The highest BCUT2D eigenvalue weighted by atomic mass is 32.1. The van der Waals surface area contributed by atoms with Crippen LogP contribution in [0.15, 0.2) is 48.7 Å². The van der Waals surface area contributed by atoms with Crippen molar-refractivity contribution in [3.8, 4) is 0 Å². The third-order valence-electron chi connectivity index (χ3n) is 2.40. The van der Waals surface area contributed by atoms with Crippen LogP contribution in [0.1, 0.15) is 20.8 Å². The van der Waals surface area contributed by atoms with Crippen LogP contribution in [-0.4, -0.2) is 21.9 Å². The molecule has 1 aromatic carbocycles. The predicted molar refractivity (Wildman–Crippen MR) is 77.9 cm³/mol. The molecule has 0 aliphatic heterocycles. The van der Waals surface area contributed by atoms with Crippen molar-refractivity contribution in [1.29, 1.82) is 0 Å². The Morgan fingerprint density at radius 1 is 0.950 bits per heavy atom. The van der Waals surface area contributed by atoms with Gasteiger partial charge in [0, 0.05) is 11.8 Å². The Morgan fingerprint density at radius 2 is 1.70 bits per heavy atom. The van der Waals surface area contributed by atoms with Crippen molar-refractivity contribution in [1.82, 2.24) is 21.2 Å². The number of nitrogens with one attached hydrogen (secondary N) is 4. The highest BCUT2D eigenvalue weighted by Crippen LogP contribution is 1.97. The number of amides is 2. The summed E-state index contributed by atoms with van der Waals surface area (Å²) in [7, 11) is 0. The van der Waals surface area contributed by atoms with Gasteiger partial charge in [-0.25, -0.2) is 0 Å². The molecule has 0 unspecified atom stereocenters. The van der Waals surface area contributed by atoms with Gasteiger partial charge < -0.3 is 4.98 Å². The van der Waals surface area contributed by atoms with E-state index in [0.717, 1.165) is 0 Å². The van der Waals surface area contributed by atoms with E-state index in [1.165, 1.54) is 0 Å². The Balaban J connectivity index is 1.81. The molecule has 7 heteroatoms. The first-order valence-electron chi connectivity index (χ1n) is 5.77. The predicted octanol–water partition coefficient (Wildman–Crippen LogP) is 0.964. The van der Waals surface area contributed by atoms with Gasteiger partial charge in [0.2, 0.25) is 0 Å². The monoisotopic (exact) mass is 288 g/mol. The van der Waals surface area contributed by atoms with Gasteiger partial charge >= 0.3 is 0 Å². The Hall–Kier alpha value is -2.67. The van der Waals surface area contributed by atoms with Crippen LogP contribution < -0.4 is 16.2 Å². The molecule has 4 N–H and O–H groups in total. The lowest BCUT2D eigenvalue weighted by Gasteiger charge is -2.10. The first-order valence-corrected chi connectivity index (χ1v) is 6.18. The lowest BCUT2D eigenvalue weighted by molar-refractivity contribution is 0.0931. The quantitative estimate of drug-likeness (QED) is 0.490. The maximum atomic E-state index is 11.8. The van der Waals surface area contributed by atoms with Crippen LogP contribution in [0.5, 0.6) is 0 Å². The zero-order valence-electron chi connectivity index (χ0n) is 10.3.